The Morgan fingerprint density at radius 2 is 2.29 bits per heavy atom. The smallest absolute Gasteiger partial charge is 0.135 e. The number of halogens is 1. The first-order valence-corrected chi connectivity index (χ1v) is 7.10. The summed E-state index contributed by atoms with van der Waals surface area (Å²) in [6.45, 7) is 3.00. The van der Waals surface area contributed by atoms with Gasteiger partial charge in [0.25, 0.3) is 0 Å². The van der Waals surface area contributed by atoms with Gasteiger partial charge in [0, 0.05) is 23.0 Å². The van der Waals surface area contributed by atoms with Crippen molar-refractivity contribution < 1.29 is 4.39 Å². The molecule has 1 unspecified atom stereocenters. The van der Waals surface area contributed by atoms with Crippen LogP contribution in [-0.4, -0.2) is 23.0 Å². The average Bonchev–Trinajstić information content (AvgIpc) is 2.28. The number of hydrogen-bond acceptors (Lipinski definition) is 3. The summed E-state index contributed by atoms with van der Waals surface area (Å²) in [5.41, 5.74) is 6.45. The number of thioether (sulfide) groups is 1. The molecule has 0 aliphatic heterocycles. The quantitative estimate of drug-likeness (QED) is 0.781. The van der Waals surface area contributed by atoms with Crippen LogP contribution in [0.5, 0.6) is 0 Å². The number of benzene rings is 1. The molecule has 5 heteroatoms. The van der Waals surface area contributed by atoms with Crippen molar-refractivity contribution in [1.82, 2.24) is 0 Å². The molecule has 1 rings (SSSR count). The number of rotatable bonds is 6. The van der Waals surface area contributed by atoms with Gasteiger partial charge in [-0.25, -0.2) is 4.39 Å². The van der Waals surface area contributed by atoms with E-state index in [1.165, 1.54) is 6.07 Å². The van der Waals surface area contributed by atoms with Crippen LogP contribution in [0.3, 0.4) is 0 Å². The summed E-state index contributed by atoms with van der Waals surface area (Å²) in [6.07, 6.45) is 3.13. The van der Waals surface area contributed by atoms with Gasteiger partial charge in [-0.05, 0) is 30.9 Å². The number of anilines is 1. The van der Waals surface area contributed by atoms with Crippen LogP contribution in [0, 0.1) is 5.82 Å². The van der Waals surface area contributed by atoms with E-state index in [9.17, 15) is 4.39 Å². The first kappa shape index (κ1) is 14.3. The highest BCUT2D eigenvalue weighted by atomic mass is 32.2. The highest BCUT2D eigenvalue weighted by Gasteiger charge is 2.06. The summed E-state index contributed by atoms with van der Waals surface area (Å²) in [4.78, 5) is 0.0880. The molecular formula is C12H17FN2S2. The number of hydrogen-bond donors (Lipinski definition) is 2. The molecule has 0 amide bonds. The Morgan fingerprint density at radius 3 is 2.82 bits per heavy atom. The molecule has 1 atom stereocenters. The van der Waals surface area contributed by atoms with Gasteiger partial charge in [-0.15, -0.1) is 0 Å². The average molecular weight is 272 g/mol. The molecule has 3 N–H and O–H groups in total. The van der Waals surface area contributed by atoms with Crippen molar-refractivity contribution in [2.24, 2.45) is 5.73 Å². The van der Waals surface area contributed by atoms with Crippen LogP contribution in [-0.2, 0) is 0 Å². The van der Waals surface area contributed by atoms with Crippen LogP contribution in [0.15, 0.2) is 18.2 Å². The third-order valence-corrected chi connectivity index (χ3v) is 3.78. The van der Waals surface area contributed by atoms with Gasteiger partial charge in [-0.3, -0.25) is 0 Å². The van der Waals surface area contributed by atoms with E-state index >= 15 is 0 Å². The Kier molecular flexibility index (Phi) is 5.71. The molecule has 0 bridgehead atoms. The molecule has 0 fully saturated rings. The lowest BCUT2D eigenvalue weighted by Crippen LogP contribution is -2.12. The van der Waals surface area contributed by atoms with E-state index < -0.39 is 0 Å². The minimum atomic E-state index is -0.375. The van der Waals surface area contributed by atoms with Gasteiger partial charge in [0.2, 0.25) is 0 Å². The fourth-order valence-electron chi connectivity index (χ4n) is 1.36. The van der Waals surface area contributed by atoms with E-state index in [1.54, 1.807) is 12.1 Å². The summed E-state index contributed by atoms with van der Waals surface area (Å²) in [5.74, 6) is -0.375. The highest BCUT2D eigenvalue weighted by Crippen LogP contribution is 2.15. The lowest BCUT2D eigenvalue weighted by atomic mass is 10.2. The van der Waals surface area contributed by atoms with Crippen LogP contribution in [0.1, 0.15) is 18.9 Å². The lowest BCUT2D eigenvalue weighted by Gasteiger charge is -2.11. The van der Waals surface area contributed by atoms with Gasteiger partial charge in [0.05, 0.1) is 0 Å². The maximum absolute atomic E-state index is 13.5. The van der Waals surface area contributed by atoms with Gasteiger partial charge >= 0.3 is 0 Å². The number of nitrogens with one attached hydrogen (secondary N) is 1. The maximum Gasteiger partial charge on any atom is 0.135 e. The molecule has 0 aliphatic rings. The Labute approximate surface area is 111 Å². The molecule has 0 aromatic heterocycles. The van der Waals surface area contributed by atoms with E-state index in [0.717, 1.165) is 18.7 Å². The summed E-state index contributed by atoms with van der Waals surface area (Å²) in [6, 6.07) is 4.83. The molecule has 94 valence electrons. The molecular weight excluding hydrogens is 255 g/mol. The zero-order chi connectivity index (χ0) is 12.8. The maximum atomic E-state index is 13.5. The van der Waals surface area contributed by atoms with Gasteiger partial charge in [0.15, 0.2) is 0 Å². The molecule has 1 aromatic rings. The van der Waals surface area contributed by atoms with Crippen molar-refractivity contribution in [3.8, 4) is 0 Å². The largest absolute Gasteiger partial charge is 0.389 e. The van der Waals surface area contributed by atoms with Crippen LogP contribution < -0.4 is 11.1 Å². The van der Waals surface area contributed by atoms with E-state index in [1.807, 2.05) is 11.8 Å². The minimum Gasteiger partial charge on any atom is -0.389 e. The van der Waals surface area contributed by atoms with Crippen LogP contribution in [0.4, 0.5) is 10.1 Å². The van der Waals surface area contributed by atoms with Crippen molar-refractivity contribution in [3.63, 3.8) is 0 Å². The fourth-order valence-corrected chi connectivity index (χ4v) is 1.88. The molecule has 0 heterocycles. The second kappa shape index (κ2) is 6.81. The van der Waals surface area contributed by atoms with Gasteiger partial charge < -0.3 is 11.1 Å². The topological polar surface area (TPSA) is 38.0 Å². The van der Waals surface area contributed by atoms with Crippen molar-refractivity contribution in [3.05, 3.63) is 29.6 Å². The van der Waals surface area contributed by atoms with E-state index in [2.05, 4.69) is 18.5 Å². The zero-order valence-corrected chi connectivity index (χ0v) is 11.6. The van der Waals surface area contributed by atoms with Crippen molar-refractivity contribution in [1.29, 1.82) is 0 Å². The Bertz CT molecular complexity index is 396. The number of thiocarbonyl (C=S) groups is 1. The summed E-state index contributed by atoms with van der Waals surface area (Å²) in [5, 5.41) is 3.78. The van der Waals surface area contributed by atoms with Gasteiger partial charge in [-0.1, -0.05) is 19.1 Å². The van der Waals surface area contributed by atoms with Crippen molar-refractivity contribution in [2.45, 2.75) is 18.6 Å². The second-order valence-corrected chi connectivity index (χ2v) is 5.54. The second-order valence-electron chi connectivity index (χ2n) is 3.82. The normalized spacial score (nSPS) is 12.2. The van der Waals surface area contributed by atoms with Gasteiger partial charge in [-0.2, -0.15) is 11.8 Å². The highest BCUT2D eigenvalue weighted by molar-refractivity contribution is 7.99. The monoisotopic (exact) mass is 272 g/mol. The SMILES string of the molecule is CSC(C)CCNc1ccc(C(N)=S)c(F)c1. The standard InChI is InChI=1S/C12H17FN2S2/c1-8(17-2)5-6-15-9-3-4-10(12(14)16)11(13)7-9/h3-4,7-8,15H,5-6H2,1-2H3,(H2,14,16). The van der Waals surface area contributed by atoms with Crippen LogP contribution in [0.2, 0.25) is 0 Å². The van der Waals surface area contributed by atoms with Gasteiger partial charge in [0.1, 0.15) is 10.8 Å². The first-order valence-electron chi connectivity index (χ1n) is 5.40. The van der Waals surface area contributed by atoms with Crippen molar-refractivity contribution >= 4 is 34.7 Å². The Balaban J connectivity index is 2.56. The van der Waals surface area contributed by atoms with E-state index in [0.29, 0.717) is 10.8 Å². The van der Waals surface area contributed by atoms with E-state index in [-0.39, 0.29) is 10.8 Å². The summed E-state index contributed by atoms with van der Waals surface area (Å²) in [7, 11) is 0. The molecule has 2 nitrogen and oxygen atoms in total. The number of nitrogens with two attached hydrogens (primary N) is 1. The van der Waals surface area contributed by atoms with Crippen LogP contribution >= 0.6 is 24.0 Å². The first-order chi connectivity index (χ1) is 8.04. The fraction of sp³-hybridized carbons (Fsp3) is 0.417. The lowest BCUT2D eigenvalue weighted by molar-refractivity contribution is 0.626. The minimum absolute atomic E-state index is 0.0880. The molecule has 0 saturated heterocycles. The Morgan fingerprint density at radius 1 is 1.59 bits per heavy atom. The third-order valence-electron chi connectivity index (χ3n) is 2.52. The predicted octanol–water partition coefficient (Wildman–Crippen LogP) is 3.01. The molecule has 0 radical (unpaired) electrons. The summed E-state index contributed by atoms with van der Waals surface area (Å²) >= 11 is 6.57. The molecule has 0 saturated carbocycles. The molecule has 1 aromatic carbocycles. The molecule has 17 heavy (non-hydrogen) atoms. The van der Waals surface area contributed by atoms with Crippen LogP contribution in [0.25, 0.3) is 0 Å². The van der Waals surface area contributed by atoms with E-state index in [4.69, 9.17) is 18.0 Å². The third kappa shape index (κ3) is 4.52. The Hall–Kier alpha value is -0.810. The zero-order valence-electron chi connectivity index (χ0n) is 10.00. The summed E-state index contributed by atoms with van der Waals surface area (Å²) < 4.78 is 13.5. The molecule has 0 aliphatic carbocycles. The van der Waals surface area contributed by atoms with Crippen molar-refractivity contribution in [2.75, 3.05) is 18.1 Å². The molecule has 0 spiro atoms. The predicted molar refractivity (Wildman–Crippen MR) is 78.4 cm³/mol.